The summed E-state index contributed by atoms with van der Waals surface area (Å²) >= 11 is 0. The Labute approximate surface area is 174 Å². The topological polar surface area (TPSA) is 48.0 Å². The maximum absolute atomic E-state index is 14.0. The molecule has 3 aliphatic heterocycles. The Bertz CT molecular complexity index is 1190. The number of carbonyl (C=O) groups is 1. The third kappa shape index (κ3) is 2.26. The number of para-hydroxylation sites is 1. The van der Waals surface area contributed by atoms with Crippen molar-refractivity contribution < 1.29 is 19.0 Å². The molecule has 150 valence electrons. The molecule has 0 unspecified atom stereocenters. The lowest BCUT2D eigenvalue weighted by atomic mass is 9.77. The molecule has 0 N–H and O–H groups in total. The van der Waals surface area contributed by atoms with Gasteiger partial charge in [-0.2, -0.15) is 0 Å². The number of fused-ring (bicyclic) bond motifs is 5. The molecule has 0 radical (unpaired) electrons. The number of hydrogen-bond donors (Lipinski definition) is 0. The summed E-state index contributed by atoms with van der Waals surface area (Å²) in [7, 11) is 0. The molecule has 0 saturated carbocycles. The van der Waals surface area contributed by atoms with Crippen LogP contribution in [0, 0.1) is 6.92 Å². The third-order valence-corrected chi connectivity index (χ3v) is 6.40. The minimum Gasteiger partial charge on any atom is -0.491 e. The zero-order valence-electron chi connectivity index (χ0n) is 16.7. The zero-order valence-corrected chi connectivity index (χ0v) is 16.7. The van der Waals surface area contributed by atoms with E-state index in [1.165, 1.54) is 5.56 Å². The van der Waals surface area contributed by atoms with Crippen LogP contribution in [0.1, 0.15) is 22.3 Å². The molecule has 3 heterocycles. The lowest BCUT2D eigenvalue weighted by molar-refractivity contribution is -0.122. The lowest BCUT2D eigenvalue weighted by Gasteiger charge is -2.25. The van der Waals surface area contributed by atoms with E-state index >= 15 is 0 Å². The molecule has 0 fully saturated rings. The van der Waals surface area contributed by atoms with Gasteiger partial charge in [-0.15, -0.1) is 0 Å². The number of rotatable bonds is 2. The Morgan fingerprint density at radius 1 is 0.867 bits per heavy atom. The van der Waals surface area contributed by atoms with Gasteiger partial charge in [0.05, 0.1) is 6.54 Å². The number of ether oxygens (including phenoxy) is 3. The highest BCUT2D eigenvalue weighted by atomic mass is 16.6. The highest BCUT2D eigenvalue weighted by molar-refractivity contribution is 6.11. The van der Waals surface area contributed by atoms with Crippen LogP contribution >= 0.6 is 0 Å². The van der Waals surface area contributed by atoms with Crippen LogP contribution < -0.4 is 19.1 Å². The van der Waals surface area contributed by atoms with E-state index in [9.17, 15) is 4.79 Å². The predicted molar refractivity (Wildman–Crippen MR) is 113 cm³/mol. The van der Waals surface area contributed by atoms with Gasteiger partial charge in [0.15, 0.2) is 11.5 Å². The Morgan fingerprint density at radius 3 is 2.43 bits per heavy atom. The number of carbonyl (C=O) groups excluding carboxylic acids is 1. The van der Waals surface area contributed by atoms with E-state index < -0.39 is 5.41 Å². The van der Waals surface area contributed by atoms with E-state index in [4.69, 9.17) is 14.2 Å². The van der Waals surface area contributed by atoms with Crippen LogP contribution in [-0.4, -0.2) is 25.7 Å². The first-order valence-electron chi connectivity index (χ1n) is 10.2. The molecule has 30 heavy (non-hydrogen) atoms. The predicted octanol–water partition coefficient (Wildman–Crippen LogP) is 3.99. The van der Waals surface area contributed by atoms with Crippen molar-refractivity contribution in [1.82, 2.24) is 0 Å². The summed E-state index contributed by atoms with van der Waals surface area (Å²) in [5, 5.41) is 0. The lowest BCUT2D eigenvalue weighted by Crippen LogP contribution is -2.42. The van der Waals surface area contributed by atoms with E-state index in [0.29, 0.717) is 37.0 Å². The molecule has 1 spiro atoms. The number of nitrogens with zero attached hydrogens (tertiary/aromatic N) is 1. The van der Waals surface area contributed by atoms with E-state index in [1.54, 1.807) is 0 Å². The van der Waals surface area contributed by atoms with Crippen LogP contribution in [0.25, 0.3) is 0 Å². The van der Waals surface area contributed by atoms with Gasteiger partial charge >= 0.3 is 0 Å². The van der Waals surface area contributed by atoms with Gasteiger partial charge in [0.2, 0.25) is 5.91 Å². The molecule has 0 saturated heterocycles. The summed E-state index contributed by atoms with van der Waals surface area (Å²) in [6.07, 6.45) is 0. The fourth-order valence-electron chi connectivity index (χ4n) is 4.83. The molecule has 0 aromatic heterocycles. The van der Waals surface area contributed by atoms with Gasteiger partial charge in [-0.1, -0.05) is 42.5 Å². The monoisotopic (exact) mass is 399 g/mol. The minimum atomic E-state index is -0.857. The molecule has 1 atom stereocenters. The van der Waals surface area contributed by atoms with Crippen molar-refractivity contribution in [2.24, 2.45) is 0 Å². The summed E-state index contributed by atoms with van der Waals surface area (Å²) in [4.78, 5) is 15.9. The molecule has 5 nitrogen and oxygen atoms in total. The molecular weight excluding hydrogens is 378 g/mol. The van der Waals surface area contributed by atoms with Crippen molar-refractivity contribution in [3.63, 3.8) is 0 Å². The number of benzene rings is 3. The molecular formula is C25H21NO4. The van der Waals surface area contributed by atoms with Gasteiger partial charge in [-0.05, 0) is 35.7 Å². The van der Waals surface area contributed by atoms with Gasteiger partial charge in [-0.3, -0.25) is 4.79 Å². The second-order valence-electron chi connectivity index (χ2n) is 8.02. The fourth-order valence-corrected chi connectivity index (χ4v) is 4.83. The van der Waals surface area contributed by atoms with Gasteiger partial charge in [0, 0.05) is 17.3 Å². The highest BCUT2D eigenvalue weighted by Gasteiger charge is 2.57. The van der Waals surface area contributed by atoms with E-state index in [1.807, 2.05) is 53.4 Å². The average molecular weight is 399 g/mol. The van der Waals surface area contributed by atoms with Crippen molar-refractivity contribution in [1.29, 1.82) is 0 Å². The molecule has 3 aliphatic rings. The SMILES string of the molecule is Cc1ccccc1CN1C(=O)[C@]2(COc3cc4c(cc32)OCCO4)c2ccccc21. The van der Waals surface area contributed by atoms with Crippen LogP contribution in [0.5, 0.6) is 17.2 Å². The van der Waals surface area contributed by atoms with Crippen molar-refractivity contribution in [3.8, 4) is 17.2 Å². The van der Waals surface area contributed by atoms with Gasteiger partial charge in [-0.25, -0.2) is 0 Å². The van der Waals surface area contributed by atoms with Crippen molar-refractivity contribution in [2.75, 3.05) is 24.7 Å². The second-order valence-corrected chi connectivity index (χ2v) is 8.02. The molecule has 0 aliphatic carbocycles. The van der Waals surface area contributed by atoms with Crippen LogP contribution in [-0.2, 0) is 16.8 Å². The summed E-state index contributed by atoms with van der Waals surface area (Å²) in [5.74, 6) is 2.09. The van der Waals surface area contributed by atoms with Crippen molar-refractivity contribution in [3.05, 3.63) is 82.9 Å². The number of anilines is 1. The normalized spacial score (nSPS) is 20.8. The molecule has 5 heteroatoms. The molecule has 3 aromatic rings. The van der Waals surface area contributed by atoms with Crippen LogP contribution in [0.3, 0.4) is 0 Å². The van der Waals surface area contributed by atoms with Crippen LogP contribution in [0.2, 0.25) is 0 Å². The first-order chi connectivity index (χ1) is 14.7. The standard InChI is InChI=1S/C25H21NO4/c1-16-6-2-3-7-17(16)14-26-20-9-5-4-8-18(20)25(24(26)27)15-30-21-13-23-22(12-19(21)25)28-10-11-29-23/h2-9,12-13H,10-11,14-15H2,1H3/t25-/m1/s1. The number of hydrogen-bond acceptors (Lipinski definition) is 4. The summed E-state index contributed by atoms with van der Waals surface area (Å²) in [6, 6.07) is 20.0. The summed E-state index contributed by atoms with van der Waals surface area (Å²) < 4.78 is 17.6. The smallest absolute Gasteiger partial charge is 0.246 e. The Hall–Kier alpha value is -3.47. The largest absolute Gasteiger partial charge is 0.491 e. The van der Waals surface area contributed by atoms with Gasteiger partial charge in [0.25, 0.3) is 0 Å². The number of amides is 1. The fraction of sp³-hybridized carbons (Fsp3) is 0.240. The molecule has 0 bridgehead atoms. The van der Waals surface area contributed by atoms with E-state index in [0.717, 1.165) is 22.4 Å². The summed E-state index contributed by atoms with van der Waals surface area (Å²) in [5.41, 5.74) is 4.24. The molecule has 6 rings (SSSR count). The van der Waals surface area contributed by atoms with E-state index in [-0.39, 0.29) is 12.5 Å². The van der Waals surface area contributed by atoms with Crippen LogP contribution in [0.4, 0.5) is 5.69 Å². The Kier molecular flexibility index (Phi) is 3.63. The average Bonchev–Trinajstić information content (AvgIpc) is 3.26. The van der Waals surface area contributed by atoms with Crippen molar-refractivity contribution >= 4 is 11.6 Å². The second kappa shape index (κ2) is 6.26. The minimum absolute atomic E-state index is 0.0439. The number of aryl methyl sites for hydroxylation is 1. The van der Waals surface area contributed by atoms with E-state index in [2.05, 4.69) is 19.1 Å². The molecule has 1 amide bonds. The maximum Gasteiger partial charge on any atom is 0.246 e. The first kappa shape index (κ1) is 17.4. The highest BCUT2D eigenvalue weighted by Crippen LogP contribution is 2.55. The quantitative estimate of drug-likeness (QED) is 0.654. The molecule has 3 aromatic carbocycles. The first-order valence-corrected chi connectivity index (χ1v) is 10.2. The Balaban J connectivity index is 1.50. The van der Waals surface area contributed by atoms with Gasteiger partial charge in [0.1, 0.15) is 31.0 Å². The van der Waals surface area contributed by atoms with Crippen molar-refractivity contribution in [2.45, 2.75) is 18.9 Å². The summed E-state index contributed by atoms with van der Waals surface area (Å²) in [6.45, 7) is 3.91. The maximum atomic E-state index is 14.0. The van der Waals surface area contributed by atoms with Gasteiger partial charge < -0.3 is 19.1 Å². The third-order valence-electron chi connectivity index (χ3n) is 6.40. The zero-order chi connectivity index (χ0) is 20.3. The Morgan fingerprint density at radius 2 is 1.60 bits per heavy atom. The van der Waals surface area contributed by atoms with Crippen LogP contribution in [0.15, 0.2) is 60.7 Å².